The van der Waals surface area contributed by atoms with Gasteiger partial charge >= 0.3 is 5.97 Å². The Kier molecular flexibility index (Phi) is 8.93. The van der Waals surface area contributed by atoms with E-state index in [1.165, 1.54) is 12.7 Å². The van der Waals surface area contributed by atoms with E-state index in [1.807, 2.05) is 18.2 Å². The van der Waals surface area contributed by atoms with Crippen LogP contribution in [-0.2, 0) is 22.4 Å². The molecule has 0 aliphatic rings. The first kappa shape index (κ1) is 24.8. The second-order valence-corrected chi connectivity index (χ2v) is 8.66. The molecule has 0 aliphatic carbocycles. The minimum absolute atomic E-state index is 0.210. The summed E-state index contributed by atoms with van der Waals surface area (Å²) in [5.41, 5.74) is 4.85. The lowest BCUT2D eigenvalue weighted by Crippen LogP contribution is -2.16. The van der Waals surface area contributed by atoms with E-state index in [4.69, 9.17) is 27.9 Å². The molecule has 4 nitrogen and oxygen atoms in total. The molecule has 0 atom stereocenters. The summed E-state index contributed by atoms with van der Waals surface area (Å²) in [6, 6.07) is 19.0. The molecule has 0 unspecified atom stereocenters. The SMILES string of the molecule is CCCCc1ccc(-c2ccc(C(=O)OC)c(NC(=O)CCc3ccc(Cl)c(Cl)c3)c2)cc1. The third-order valence-electron chi connectivity index (χ3n) is 5.43. The molecule has 3 rings (SSSR count). The Balaban J connectivity index is 1.77. The minimum Gasteiger partial charge on any atom is -0.465 e. The highest BCUT2D eigenvalue weighted by Crippen LogP contribution is 2.28. The van der Waals surface area contributed by atoms with Gasteiger partial charge in [0.05, 0.1) is 28.4 Å². The molecular formula is C27H27Cl2NO3. The maximum atomic E-state index is 12.7. The summed E-state index contributed by atoms with van der Waals surface area (Å²) in [5, 5.41) is 3.80. The monoisotopic (exact) mass is 483 g/mol. The van der Waals surface area contributed by atoms with E-state index in [-0.39, 0.29) is 12.3 Å². The van der Waals surface area contributed by atoms with Gasteiger partial charge in [0.1, 0.15) is 0 Å². The largest absolute Gasteiger partial charge is 0.465 e. The number of esters is 1. The van der Waals surface area contributed by atoms with Gasteiger partial charge in [-0.2, -0.15) is 0 Å². The van der Waals surface area contributed by atoms with Crippen LogP contribution in [0.3, 0.4) is 0 Å². The topological polar surface area (TPSA) is 55.4 Å². The van der Waals surface area contributed by atoms with E-state index < -0.39 is 5.97 Å². The van der Waals surface area contributed by atoms with Crippen LogP contribution in [0.15, 0.2) is 60.7 Å². The average molecular weight is 484 g/mol. The minimum atomic E-state index is -0.503. The first-order valence-corrected chi connectivity index (χ1v) is 11.7. The molecule has 1 amide bonds. The van der Waals surface area contributed by atoms with Crippen LogP contribution < -0.4 is 5.32 Å². The van der Waals surface area contributed by atoms with Crippen molar-refractivity contribution in [2.75, 3.05) is 12.4 Å². The second-order valence-electron chi connectivity index (χ2n) is 7.85. The predicted octanol–water partition coefficient (Wildman–Crippen LogP) is 7.36. The highest BCUT2D eigenvalue weighted by molar-refractivity contribution is 6.42. The van der Waals surface area contributed by atoms with E-state index in [0.29, 0.717) is 27.7 Å². The number of rotatable bonds is 9. The van der Waals surface area contributed by atoms with Crippen molar-refractivity contribution in [2.45, 2.75) is 39.0 Å². The third kappa shape index (κ3) is 6.83. The highest BCUT2D eigenvalue weighted by Gasteiger charge is 2.16. The fraction of sp³-hybridized carbons (Fsp3) is 0.259. The fourth-order valence-corrected chi connectivity index (χ4v) is 3.85. The molecule has 0 saturated heterocycles. The van der Waals surface area contributed by atoms with Crippen LogP contribution in [0.1, 0.15) is 47.7 Å². The van der Waals surface area contributed by atoms with Crippen LogP contribution in [-0.4, -0.2) is 19.0 Å². The number of hydrogen-bond acceptors (Lipinski definition) is 3. The second kappa shape index (κ2) is 11.9. The van der Waals surface area contributed by atoms with Gasteiger partial charge in [0.15, 0.2) is 0 Å². The number of amides is 1. The van der Waals surface area contributed by atoms with Crippen LogP contribution in [0, 0.1) is 0 Å². The molecule has 3 aromatic carbocycles. The number of ether oxygens (including phenoxy) is 1. The van der Waals surface area contributed by atoms with E-state index >= 15 is 0 Å². The lowest BCUT2D eigenvalue weighted by Gasteiger charge is -2.13. The van der Waals surface area contributed by atoms with Crippen molar-refractivity contribution < 1.29 is 14.3 Å². The molecule has 0 bridgehead atoms. The van der Waals surface area contributed by atoms with Crippen molar-refractivity contribution >= 4 is 40.8 Å². The molecule has 0 fully saturated rings. The van der Waals surface area contributed by atoms with Crippen molar-refractivity contribution in [2.24, 2.45) is 0 Å². The smallest absolute Gasteiger partial charge is 0.339 e. The average Bonchev–Trinajstić information content (AvgIpc) is 2.83. The number of methoxy groups -OCH3 is 1. The van der Waals surface area contributed by atoms with Gasteiger partial charge in [-0.15, -0.1) is 0 Å². The zero-order valence-corrected chi connectivity index (χ0v) is 20.3. The van der Waals surface area contributed by atoms with Gasteiger partial charge in [0, 0.05) is 6.42 Å². The number of anilines is 1. The van der Waals surface area contributed by atoms with Crippen molar-refractivity contribution in [1.29, 1.82) is 0 Å². The number of halogens is 2. The van der Waals surface area contributed by atoms with Gasteiger partial charge in [-0.1, -0.05) is 72.9 Å². The molecule has 0 aliphatic heterocycles. The van der Waals surface area contributed by atoms with E-state index in [9.17, 15) is 9.59 Å². The Bertz CT molecular complexity index is 1130. The maximum absolute atomic E-state index is 12.7. The highest BCUT2D eigenvalue weighted by atomic mass is 35.5. The van der Waals surface area contributed by atoms with Gasteiger partial charge in [-0.05, 0) is 65.8 Å². The van der Waals surface area contributed by atoms with Crippen molar-refractivity contribution in [3.05, 3.63) is 87.4 Å². The summed E-state index contributed by atoms with van der Waals surface area (Å²) in [5.74, 6) is -0.713. The van der Waals surface area contributed by atoms with Gasteiger partial charge in [-0.25, -0.2) is 4.79 Å². The fourth-order valence-electron chi connectivity index (χ4n) is 3.53. The van der Waals surface area contributed by atoms with Gasteiger partial charge in [-0.3, -0.25) is 4.79 Å². The van der Waals surface area contributed by atoms with E-state index in [1.54, 1.807) is 18.2 Å². The molecule has 172 valence electrons. The Morgan fingerprint density at radius 3 is 2.21 bits per heavy atom. The van der Waals surface area contributed by atoms with Crippen molar-refractivity contribution in [3.8, 4) is 11.1 Å². The molecule has 0 heterocycles. The molecular weight excluding hydrogens is 457 g/mol. The Morgan fingerprint density at radius 1 is 0.848 bits per heavy atom. The first-order valence-electron chi connectivity index (χ1n) is 11.0. The van der Waals surface area contributed by atoms with Gasteiger partial charge in [0.2, 0.25) is 5.91 Å². The zero-order valence-electron chi connectivity index (χ0n) is 18.8. The van der Waals surface area contributed by atoms with Crippen LogP contribution in [0.25, 0.3) is 11.1 Å². The number of benzene rings is 3. The zero-order chi connectivity index (χ0) is 23.8. The summed E-state index contributed by atoms with van der Waals surface area (Å²) >= 11 is 12.0. The van der Waals surface area contributed by atoms with E-state index in [0.717, 1.165) is 36.0 Å². The van der Waals surface area contributed by atoms with Crippen LogP contribution >= 0.6 is 23.2 Å². The number of aryl methyl sites for hydroxylation is 2. The maximum Gasteiger partial charge on any atom is 0.339 e. The lowest BCUT2D eigenvalue weighted by molar-refractivity contribution is -0.116. The molecule has 33 heavy (non-hydrogen) atoms. The number of carbonyl (C=O) groups excluding carboxylic acids is 2. The summed E-state index contributed by atoms with van der Waals surface area (Å²) < 4.78 is 4.89. The normalized spacial score (nSPS) is 10.7. The van der Waals surface area contributed by atoms with Crippen LogP contribution in [0.5, 0.6) is 0 Å². The van der Waals surface area contributed by atoms with Crippen LogP contribution in [0.2, 0.25) is 10.0 Å². The van der Waals surface area contributed by atoms with Crippen LogP contribution in [0.4, 0.5) is 5.69 Å². The van der Waals surface area contributed by atoms with Crippen molar-refractivity contribution in [3.63, 3.8) is 0 Å². The Morgan fingerprint density at radius 2 is 1.55 bits per heavy atom. The van der Waals surface area contributed by atoms with Gasteiger partial charge < -0.3 is 10.1 Å². The van der Waals surface area contributed by atoms with Crippen molar-refractivity contribution in [1.82, 2.24) is 0 Å². The molecule has 0 spiro atoms. The first-order chi connectivity index (χ1) is 15.9. The number of unbranched alkanes of at least 4 members (excludes halogenated alkanes) is 1. The molecule has 0 radical (unpaired) electrons. The third-order valence-corrected chi connectivity index (χ3v) is 6.17. The standard InChI is InChI=1S/C27H27Cl2NO3/c1-3-4-5-18-6-10-20(11-7-18)21-12-13-22(27(32)33-2)25(17-21)30-26(31)15-9-19-8-14-23(28)24(29)16-19/h6-8,10-14,16-17H,3-5,9,15H2,1-2H3,(H,30,31). The van der Waals surface area contributed by atoms with Gasteiger partial charge in [0.25, 0.3) is 0 Å². The molecule has 3 aromatic rings. The number of carbonyl (C=O) groups is 2. The Labute approximate surface area is 204 Å². The molecule has 0 aromatic heterocycles. The molecule has 6 heteroatoms. The summed E-state index contributed by atoms with van der Waals surface area (Å²) in [4.78, 5) is 24.9. The van der Waals surface area contributed by atoms with E-state index in [2.05, 4.69) is 36.5 Å². The molecule has 1 N–H and O–H groups in total. The quantitative estimate of drug-likeness (QED) is 0.323. The number of hydrogen-bond donors (Lipinski definition) is 1. The summed E-state index contributed by atoms with van der Waals surface area (Å²) in [6.07, 6.45) is 4.10. The summed E-state index contributed by atoms with van der Waals surface area (Å²) in [6.45, 7) is 2.18. The lowest BCUT2D eigenvalue weighted by atomic mass is 9.99. The summed E-state index contributed by atoms with van der Waals surface area (Å²) in [7, 11) is 1.32. The Hall–Kier alpha value is -2.82. The number of nitrogens with one attached hydrogen (secondary N) is 1. The molecule has 0 saturated carbocycles. The predicted molar refractivity (Wildman–Crippen MR) is 135 cm³/mol.